The topological polar surface area (TPSA) is 83.1 Å². The fraction of sp³-hybridized carbons (Fsp3) is 0.462. The van der Waals surface area contributed by atoms with E-state index in [4.69, 9.17) is 0 Å². The molecule has 19 heavy (non-hydrogen) atoms. The molecular formula is C13H20N4O2. The summed E-state index contributed by atoms with van der Waals surface area (Å²) in [7, 11) is 0. The van der Waals surface area contributed by atoms with Gasteiger partial charge in [-0.1, -0.05) is 0 Å². The van der Waals surface area contributed by atoms with E-state index < -0.39 is 12.1 Å². The Balaban J connectivity index is 2.46. The third-order valence-electron chi connectivity index (χ3n) is 2.18. The van der Waals surface area contributed by atoms with Gasteiger partial charge in [-0.05, 0) is 39.8 Å². The molecule has 6 nitrogen and oxygen atoms in total. The van der Waals surface area contributed by atoms with E-state index in [1.165, 1.54) is 0 Å². The summed E-state index contributed by atoms with van der Waals surface area (Å²) < 4.78 is 0. The monoisotopic (exact) mass is 264 g/mol. The Morgan fingerprint density at radius 3 is 2.32 bits per heavy atom. The molecule has 1 atom stereocenters. The van der Waals surface area contributed by atoms with Gasteiger partial charge in [0, 0.05) is 23.6 Å². The van der Waals surface area contributed by atoms with E-state index in [1.54, 1.807) is 31.5 Å². The van der Waals surface area contributed by atoms with Crippen LogP contribution in [-0.2, 0) is 4.79 Å². The van der Waals surface area contributed by atoms with Gasteiger partial charge in [-0.2, -0.15) is 0 Å². The van der Waals surface area contributed by atoms with Gasteiger partial charge in [0.2, 0.25) is 5.91 Å². The van der Waals surface area contributed by atoms with Crippen molar-refractivity contribution in [1.82, 2.24) is 15.6 Å². The van der Waals surface area contributed by atoms with Crippen LogP contribution in [0.2, 0.25) is 0 Å². The van der Waals surface area contributed by atoms with Crippen molar-refractivity contribution in [2.75, 3.05) is 5.32 Å². The number of aromatic nitrogens is 1. The van der Waals surface area contributed by atoms with Gasteiger partial charge in [0.25, 0.3) is 0 Å². The minimum atomic E-state index is -0.610. The zero-order valence-electron chi connectivity index (χ0n) is 11.7. The number of nitrogens with zero attached hydrogens (tertiary/aromatic N) is 1. The lowest BCUT2D eigenvalue weighted by Crippen LogP contribution is -2.51. The Hall–Kier alpha value is -2.11. The van der Waals surface area contributed by atoms with Crippen LogP contribution in [0.25, 0.3) is 0 Å². The Morgan fingerprint density at radius 2 is 1.79 bits per heavy atom. The zero-order chi connectivity index (χ0) is 14.5. The molecule has 1 heterocycles. The number of carbonyl (C=O) groups is 2. The van der Waals surface area contributed by atoms with Gasteiger partial charge in [0.15, 0.2) is 0 Å². The molecule has 3 N–H and O–H groups in total. The van der Waals surface area contributed by atoms with E-state index in [1.807, 2.05) is 20.8 Å². The maximum Gasteiger partial charge on any atom is 0.319 e. The van der Waals surface area contributed by atoms with Gasteiger partial charge in [-0.15, -0.1) is 0 Å². The number of rotatable bonds is 3. The number of pyridine rings is 1. The summed E-state index contributed by atoms with van der Waals surface area (Å²) in [6.07, 6.45) is 3.15. The van der Waals surface area contributed by atoms with Gasteiger partial charge in [-0.25, -0.2) is 4.79 Å². The quantitative estimate of drug-likeness (QED) is 0.773. The maximum absolute atomic E-state index is 11.8. The van der Waals surface area contributed by atoms with Crippen LogP contribution in [-0.4, -0.2) is 28.5 Å². The molecule has 6 heteroatoms. The Labute approximate surface area is 113 Å². The molecule has 0 spiro atoms. The first kappa shape index (κ1) is 14.9. The second kappa shape index (κ2) is 6.17. The fourth-order valence-corrected chi connectivity index (χ4v) is 1.34. The molecule has 3 amide bonds. The first-order valence-electron chi connectivity index (χ1n) is 6.07. The summed E-state index contributed by atoms with van der Waals surface area (Å²) in [6, 6.07) is 2.29. The summed E-state index contributed by atoms with van der Waals surface area (Å²) in [5.74, 6) is -0.225. The number of amides is 3. The van der Waals surface area contributed by atoms with Crippen molar-refractivity contribution >= 4 is 17.6 Å². The van der Waals surface area contributed by atoms with Crippen LogP contribution >= 0.6 is 0 Å². The van der Waals surface area contributed by atoms with Crippen LogP contribution in [0.3, 0.4) is 0 Å². The summed E-state index contributed by atoms with van der Waals surface area (Å²) in [4.78, 5) is 27.3. The van der Waals surface area contributed by atoms with Crippen LogP contribution in [0.15, 0.2) is 24.5 Å². The largest absolute Gasteiger partial charge is 0.350 e. The molecule has 0 unspecified atom stereocenters. The number of urea groups is 1. The molecule has 1 aromatic heterocycles. The maximum atomic E-state index is 11.8. The highest BCUT2D eigenvalue weighted by Crippen LogP contribution is 2.03. The van der Waals surface area contributed by atoms with Crippen molar-refractivity contribution in [1.29, 1.82) is 0 Å². The van der Waals surface area contributed by atoms with Gasteiger partial charge < -0.3 is 16.0 Å². The number of hydrogen-bond donors (Lipinski definition) is 3. The molecule has 0 aliphatic heterocycles. The van der Waals surface area contributed by atoms with Crippen molar-refractivity contribution < 1.29 is 9.59 Å². The lowest BCUT2D eigenvalue weighted by Gasteiger charge is -2.23. The van der Waals surface area contributed by atoms with E-state index in [2.05, 4.69) is 20.9 Å². The van der Waals surface area contributed by atoms with Crippen LogP contribution in [0.5, 0.6) is 0 Å². The van der Waals surface area contributed by atoms with Gasteiger partial charge in [0.05, 0.1) is 0 Å². The predicted molar refractivity (Wildman–Crippen MR) is 73.7 cm³/mol. The first-order valence-corrected chi connectivity index (χ1v) is 6.07. The first-order chi connectivity index (χ1) is 8.78. The van der Waals surface area contributed by atoms with Gasteiger partial charge >= 0.3 is 6.03 Å². The highest BCUT2D eigenvalue weighted by Gasteiger charge is 2.20. The van der Waals surface area contributed by atoms with Crippen LogP contribution in [0, 0.1) is 0 Å². The second-order valence-corrected chi connectivity index (χ2v) is 5.30. The molecule has 0 aliphatic rings. The molecule has 104 valence electrons. The van der Waals surface area contributed by atoms with Crippen LogP contribution < -0.4 is 16.0 Å². The molecule has 0 bridgehead atoms. The number of nitrogens with one attached hydrogen (secondary N) is 3. The summed E-state index contributed by atoms with van der Waals surface area (Å²) >= 11 is 0. The molecule has 0 fully saturated rings. The van der Waals surface area contributed by atoms with Crippen molar-refractivity contribution in [3.05, 3.63) is 24.5 Å². The number of hydrogen-bond acceptors (Lipinski definition) is 3. The Bertz CT molecular complexity index is 440. The van der Waals surface area contributed by atoms with Crippen molar-refractivity contribution in [3.63, 3.8) is 0 Å². The fourth-order valence-electron chi connectivity index (χ4n) is 1.34. The normalized spacial score (nSPS) is 12.4. The van der Waals surface area contributed by atoms with Crippen LogP contribution in [0.1, 0.15) is 27.7 Å². The lowest BCUT2D eigenvalue weighted by atomic mass is 10.1. The average Bonchev–Trinajstić information content (AvgIpc) is 2.27. The van der Waals surface area contributed by atoms with E-state index >= 15 is 0 Å². The highest BCUT2D eigenvalue weighted by atomic mass is 16.2. The molecule has 0 saturated carbocycles. The van der Waals surface area contributed by atoms with E-state index in [9.17, 15) is 9.59 Å². The number of carbonyl (C=O) groups excluding carboxylic acids is 2. The molecule has 0 saturated heterocycles. The second-order valence-electron chi connectivity index (χ2n) is 5.30. The third kappa shape index (κ3) is 5.85. The van der Waals surface area contributed by atoms with Crippen molar-refractivity contribution in [2.45, 2.75) is 39.3 Å². The minimum Gasteiger partial charge on any atom is -0.350 e. The lowest BCUT2D eigenvalue weighted by molar-refractivity contribution is -0.123. The molecule has 0 aliphatic carbocycles. The summed E-state index contributed by atoms with van der Waals surface area (Å²) in [5, 5.41) is 7.99. The SMILES string of the molecule is C[C@@H](NC(=O)Nc1ccncc1)C(=O)NC(C)(C)C. The van der Waals surface area contributed by atoms with Gasteiger partial charge in [-0.3, -0.25) is 9.78 Å². The van der Waals surface area contributed by atoms with Crippen LogP contribution in [0.4, 0.5) is 10.5 Å². The zero-order valence-corrected chi connectivity index (χ0v) is 11.7. The summed E-state index contributed by atoms with van der Waals surface area (Å²) in [5.41, 5.74) is 0.296. The molecular weight excluding hydrogens is 244 g/mol. The third-order valence-corrected chi connectivity index (χ3v) is 2.18. The Kier molecular flexibility index (Phi) is 4.86. The molecule has 1 rings (SSSR count). The Morgan fingerprint density at radius 1 is 1.21 bits per heavy atom. The summed E-state index contributed by atoms with van der Waals surface area (Å²) in [6.45, 7) is 7.28. The number of anilines is 1. The molecule has 1 aromatic rings. The van der Waals surface area contributed by atoms with E-state index in [0.717, 1.165) is 0 Å². The van der Waals surface area contributed by atoms with Crippen molar-refractivity contribution in [3.8, 4) is 0 Å². The predicted octanol–water partition coefficient (Wildman–Crippen LogP) is 1.51. The highest BCUT2D eigenvalue weighted by molar-refractivity contribution is 5.93. The smallest absolute Gasteiger partial charge is 0.319 e. The standard InChI is InChI=1S/C13H20N4O2/c1-9(11(18)17-13(2,3)4)15-12(19)16-10-5-7-14-8-6-10/h5-9H,1-4H3,(H,17,18)(H2,14,15,16,19)/t9-/m1/s1. The minimum absolute atomic E-state index is 0.225. The van der Waals surface area contributed by atoms with Crippen molar-refractivity contribution in [2.24, 2.45) is 0 Å². The van der Waals surface area contributed by atoms with E-state index in [-0.39, 0.29) is 11.4 Å². The van der Waals surface area contributed by atoms with Gasteiger partial charge in [0.1, 0.15) is 6.04 Å². The average molecular weight is 264 g/mol. The molecule has 0 aromatic carbocycles. The molecule has 0 radical (unpaired) electrons. The van der Waals surface area contributed by atoms with E-state index in [0.29, 0.717) is 5.69 Å².